The van der Waals surface area contributed by atoms with E-state index in [1.54, 1.807) is 31.3 Å². The number of likely N-dealkylation sites (tertiary alicyclic amines) is 1. The van der Waals surface area contributed by atoms with Crippen molar-refractivity contribution in [2.75, 3.05) is 13.6 Å². The Morgan fingerprint density at radius 3 is 2.44 bits per heavy atom. The number of sulfonamides is 1. The zero-order valence-electron chi connectivity index (χ0n) is 14.9. The summed E-state index contributed by atoms with van der Waals surface area (Å²) in [6.07, 6.45) is 0.266. The predicted octanol–water partition coefficient (Wildman–Crippen LogP) is 3.63. The van der Waals surface area contributed by atoms with E-state index in [9.17, 15) is 18.3 Å². The number of hydrogen-bond donors (Lipinski definition) is 1. The molecule has 0 bridgehead atoms. The molecule has 1 amide bonds. The van der Waals surface area contributed by atoms with E-state index in [-0.39, 0.29) is 10.3 Å². The molecule has 1 saturated heterocycles. The van der Waals surface area contributed by atoms with Crippen molar-refractivity contribution in [3.8, 4) is 0 Å². The molecule has 0 saturated carbocycles. The van der Waals surface area contributed by atoms with Gasteiger partial charge in [-0.25, -0.2) is 13.2 Å². The van der Waals surface area contributed by atoms with Gasteiger partial charge in [-0.05, 0) is 46.3 Å². The number of halogens is 1. The largest absolute Gasteiger partial charge is 0.465 e. The lowest BCUT2D eigenvalue weighted by atomic mass is 9.78. The minimum absolute atomic E-state index is 0.192. The lowest BCUT2D eigenvalue weighted by Crippen LogP contribution is -2.61. The van der Waals surface area contributed by atoms with Crippen LogP contribution >= 0.6 is 15.9 Å². The Labute approximate surface area is 158 Å². The maximum absolute atomic E-state index is 13.1. The topological polar surface area (TPSA) is 77.9 Å². The summed E-state index contributed by atoms with van der Waals surface area (Å²) in [5, 5.41) is 9.59. The fourth-order valence-electron chi connectivity index (χ4n) is 3.60. The maximum atomic E-state index is 13.1. The van der Waals surface area contributed by atoms with E-state index in [4.69, 9.17) is 0 Å². The van der Waals surface area contributed by atoms with E-state index in [1.165, 1.54) is 9.21 Å². The van der Waals surface area contributed by atoms with Crippen LogP contribution in [0.2, 0.25) is 0 Å². The Morgan fingerprint density at radius 2 is 1.92 bits per heavy atom. The van der Waals surface area contributed by atoms with Crippen molar-refractivity contribution in [1.29, 1.82) is 0 Å². The molecule has 0 spiro atoms. The summed E-state index contributed by atoms with van der Waals surface area (Å²) in [5.74, 6) is 0. The van der Waals surface area contributed by atoms with Crippen LogP contribution in [0.15, 0.2) is 33.6 Å². The Bertz CT molecular complexity index is 745. The summed E-state index contributed by atoms with van der Waals surface area (Å²) >= 11 is 3.30. The van der Waals surface area contributed by atoms with Gasteiger partial charge in [-0.2, -0.15) is 4.31 Å². The summed E-state index contributed by atoms with van der Waals surface area (Å²) < 4.78 is 28.1. The van der Waals surface area contributed by atoms with Crippen LogP contribution in [0, 0.1) is 5.41 Å². The minimum Gasteiger partial charge on any atom is -0.465 e. The lowest BCUT2D eigenvalue weighted by Gasteiger charge is -2.49. The summed E-state index contributed by atoms with van der Waals surface area (Å²) in [4.78, 5) is 13.3. The first-order chi connectivity index (χ1) is 11.5. The molecule has 0 aromatic heterocycles. The number of nitrogens with zero attached hydrogens (tertiary/aromatic N) is 2. The third-order valence-electron chi connectivity index (χ3n) is 4.69. The number of piperidine rings is 1. The van der Waals surface area contributed by atoms with Gasteiger partial charge in [-0.1, -0.05) is 32.9 Å². The van der Waals surface area contributed by atoms with Crippen LogP contribution in [0.4, 0.5) is 4.79 Å². The van der Waals surface area contributed by atoms with Crippen LogP contribution in [0.25, 0.3) is 0 Å². The van der Waals surface area contributed by atoms with E-state index < -0.39 is 28.2 Å². The molecule has 1 aromatic carbocycles. The SMILES string of the molecule is CN([C@@H]1CCCN(C(=O)O)C1C(C)(C)C)S(=O)(=O)c1ccccc1Br. The van der Waals surface area contributed by atoms with Crippen molar-refractivity contribution in [3.05, 3.63) is 28.7 Å². The number of rotatable bonds is 3. The van der Waals surface area contributed by atoms with Gasteiger partial charge < -0.3 is 10.0 Å². The van der Waals surface area contributed by atoms with Gasteiger partial charge in [0.1, 0.15) is 0 Å². The Morgan fingerprint density at radius 1 is 1.32 bits per heavy atom. The maximum Gasteiger partial charge on any atom is 0.407 e. The van der Waals surface area contributed by atoms with E-state index in [0.717, 1.165) is 0 Å². The monoisotopic (exact) mass is 432 g/mol. The highest BCUT2D eigenvalue weighted by Crippen LogP contribution is 2.37. The van der Waals surface area contributed by atoms with Crippen molar-refractivity contribution < 1.29 is 18.3 Å². The molecule has 1 aliphatic heterocycles. The second-order valence-corrected chi connectivity index (χ2v) is 10.3. The van der Waals surface area contributed by atoms with Gasteiger partial charge in [0.05, 0.1) is 10.9 Å². The predicted molar refractivity (Wildman–Crippen MR) is 100 cm³/mol. The second kappa shape index (κ2) is 7.25. The highest BCUT2D eigenvalue weighted by molar-refractivity contribution is 9.10. The quantitative estimate of drug-likeness (QED) is 0.790. The molecular weight excluding hydrogens is 408 g/mol. The van der Waals surface area contributed by atoms with E-state index in [2.05, 4.69) is 15.9 Å². The zero-order chi connectivity index (χ0) is 19.0. The van der Waals surface area contributed by atoms with Crippen molar-refractivity contribution in [2.24, 2.45) is 5.41 Å². The standard InChI is InChI=1S/C17H25BrN2O4S/c1-17(2,3)15-13(9-7-11-20(15)16(21)22)19(4)25(23,24)14-10-6-5-8-12(14)18/h5-6,8,10,13,15H,7,9,11H2,1-4H3,(H,21,22)/t13-,15?/m1/s1. The molecule has 2 rings (SSSR count). The van der Waals surface area contributed by atoms with Crippen LogP contribution < -0.4 is 0 Å². The third kappa shape index (κ3) is 4.01. The smallest absolute Gasteiger partial charge is 0.407 e. The zero-order valence-corrected chi connectivity index (χ0v) is 17.3. The van der Waals surface area contributed by atoms with Crippen molar-refractivity contribution in [3.63, 3.8) is 0 Å². The molecule has 2 atom stereocenters. The average molecular weight is 433 g/mol. The number of amides is 1. The average Bonchev–Trinajstić information content (AvgIpc) is 2.52. The van der Waals surface area contributed by atoms with Crippen molar-refractivity contribution in [2.45, 2.75) is 50.6 Å². The molecule has 25 heavy (non-hydrogen) atoms. The number of carboxylic acid groups (broad SMARTS) is 1. The number of carbonyl (C=O) groups is 1. The molecule has 1 unspecified atom stereocenters. The Balaban J connectivity index is 2.46. The molecule has 0 radical (unpaired) electrons. The van der Waals surface area contributed by atoms with Crippen LogP contribution in [0.3, 0.4) is 0 Å². The van der Waals surface area contributed by atoms with Gasteiger partial charge >= 0.3 is 6.09 Å². The molecule has 140 valence electrons. The normalized spacial score (nSPS) is 22.2. The molecule has 1 fully saturated rings. The first-order valence-corrected chi connectivity index (χ1v) is 10.4. The van der Waals surface area contributed by atoms with E-state index >= 15 is 0 Å². The van der Waals surface area contributed by atoms with Gasteiger partial charge in [-0.3, -0.25) is 0 Å². The third-order valence-corrected chi connectivity index (χ3v) is 7.59. The van der Waals surface area contributed by atoms with Crippen LogP contribution in [-0.4, -0.2) is 54.5 Å². The van der Waals surface area contributed by atoms with Crippen LogP contribution in [0.1, 0.15) is 33.6 Å². The first-order valence-electron chi connectivity index (χ1n) is 8.20. The summed E-state index contributed by atoms with van der Waals surface area (Å²) in [6, 6.07) is 5.85. The van der Waals surface area contributed by atoms with E-state index in [1.807, 2.05) is 20.8 Å². The second-order valence-electron chi connectivity index (χ2n) is 7.45. The molecule has 8 heteroatoms. The summed E-state index contributed by atoms with van der Waals surface area (Å²) in [7, 11) is -2.20. The van der Waals surface area contributed by atoms with Crippen molar-refractivity contribution >= 4 is 32.0 Å². The van der Waals surface area contributed by atoms with Gasteiger partial charge in [0, 0.05) is 24.1 Å². The molecule has 1 aromatic rings. The Hall–Kier alpha value is -1.12. The van der Waals surface area contributed by atoms with Gasteiger partial charge in [-0.15, -0.1) is 0 Å². The number of hydrogen-bond acceptors (Lipinski definition) is 3. The molecule has 1 aliphatic rings. The molecule has 6 nitrogen and oxygen atoms in total. The Kier molecular flexibility index (Phi) is 5.85. The number of likely N-dealkylation sites (N-methyl/N-ethyl adjacent to an activating group) is 1. The van der Waals surface area contributed by atoms with Crippen molar-refractivity contribution in [1.82, 2.24) is 9.21 Å². The fraction of sp³-hybridized carbons (Fsp3) is 0.588. The van der Waals surface area contributed by atoms with Crippen LogP contribution in [0.5, 0.6) is 0 Å². The lowest BCUT2D eigenvalue weighted by molar-refractivity contribution is 0.0211. The molecule has 1 N–H and O–H groups in total. The minimum atomic E-state index is -3.74. The fourth-order valence-corrected chi connectivity index (χ4v) is 5.95. The van der Waals surface area contributed by atoms with Gasteiger partial charge in [0.15, 0.2) is 0 Å². The van der Waals surface area contributed by atoms with E-state index in [0.29, 0.717) is 23.9 Å². The first kappa shape index (κ1) is 20.2. The molecular formula is C17H25BrN2O4S. The van der Waals surface area contributed by atoms with Gasteiger partial charge in [0.25, 0.3) is 0 Å². The van der Waals surface area contributed by atoms with Crippen LogP contribution in [-0.2, 0) is 10.0 Å². The van der Waals surface area contributed by atoms with Gasteiger partial charge in [0.2, 0.25) is 10.0 Å². The molecule has 1 heterocycles. The number of benzene rings is 1. The highest BCUT2D eigenvalue weighted by atomic mass is 79.9. The summed E-state index contributed by atoms with van der Waals surface area (Å²) in [5.41, 5.74) is -0.388. The highest BCUT2D eigenvalue weighted by Gasteiger charge is 2.46. The molecule has 0 aliphatic carbocycles. The summed E-state index contributed by atoms with van der Waals surface area (Å²) in [6.45, 7) is 6.27.